The zero-order valence-corrected chi connectivity index (χ0v) is 22.4. The van der Waals surface area contributed by atoms with Gasteiger partial charge in [-0.1, -0.05) is 64.8 Å². The number of para-hydroxylation sites is 1. The van der Waals surface area contributed by atoms with Gasteiger partial charge in [0, 0.05) is 10.9 Å². The standard InChI is InChI=1S/C33H38N2O/c1-6-33(7-2)13-11-23(12-14-33)25-9-8-10-27-30(25)35-32-31(34-27)26-17-21(5)16-24-18-22(15-20(3)4)19-28(36-32)29(24)26/h8-10,16-20,23H,6-7,11-15H2,1-5H3. The molecule has 2 heterocycles. The van der Waals surface area contributed by atoms with E-state index in [1.165, 1.54) is 60.6 Å². The van der Waals surface area contributed by atoms with Gasteiger partial charge in [0.2, 0.25) is 5.88 Å². The third-order valence-corrected chi connectivity index (χ3v) is 9.00. The molecule has 0 N–H and O–H groups in total. The summed E-state index contributed by atoms with van der Waals surface area (Å²) in [4.78, 5) is 10.4. The number of fused-ring (bicyclic) bond motifs is 3. The van der Waals surface area contributed by atoms with Crippen molar-refractivity contribution < 1.29 is 4.74 Å². The molecule has 1 saturated carbocycles. The molecule has 0 amide bonds. The third-order valence-electron chi connectivity index (χ3n) is 9.00. The Labute approximate surface area is 215 Å². The molecule has 186 valence electrons. The molecule has 0 saturated heterocycles. The molecule has 2 aliphatic rings. The molecule has 36 heavy (non-hydrogen) atoms. The molecule has 3 aromatic carbocycles. The fourth-order valence-corrected chi connectivity index (χ4v) is 6.80. The van der Waals surface area contributed by atoms with Crippen LogP contribution in [-0.2, 0) is 6.42 Å². The quantitative estimate of drug-likeness (QED) is 0.252. The molecule has 3 heteroatoms. The third kappa shape index (κ3) is 3.88. The van der Waals surface area contributed by atoms with Crippen LogP contribution in [0.15, 0.2) is 42.5 Å². The highest BCUT2D eigenvalue weighted by Crippen LogP contribution is 2.50. The highest BCUT2D eigenvalue weighted by atomic mass is 16.5. The van der Waals surface area contributed by atoms with Crippen LogP contribution in [0.3, 0.4) is 0 Å². The van der Waals surface area contributed by atoms with Crippen LogP contribution in [0, 0.1) is 18.3 Å². The van der Waals surface area contributed by atoms with E-state index >= 15 is 0 Å². The summed E-state index contributed by atoms with van der Waals surface area (Å²) in [5.41, 5.74) is 8.46. The van der Waals surface area contributed by atoms with Crippen LogP contribution in [0.5, 0.6) is 11.6 Å². The molecule has 4 aromatic rings. The van der Waals surface area contributed by atoms with Crippen LogP contribution in [-0.4, -0.2) is 9.97 Å². The van der Waals surface area contributed by atoms with Crippen LogP contribution in [0.25, 0.3) is 33.1 Å². The van der Waals surface area contributed by atoms with Gasteiger partial charge in [0.15, 0.2) is 0 Å². The number of ether oxygens (including phenoxy) is 1. The highest BCUT2D eigenvalue weighted by Gasteiger charge is 2.34. The van der Waals surface area contributed by atoms with E-state index < -0.39 is 0 Å². The summed E-state index contributed by atoms with van der Waals surface area (Å²) in [7, 11) is 0. The Morgan fingerprint density at radius 1 is 1.00 bits per heavy atom. The maximum Gasteiger partial charge on any atom is 0.246 e. The molecule has 1 aromatic heterocycles. The topological polar surface area (TPSA) is 35.0 Å². The minimum atomic E-state index is 0.531. The van der Waals surface area contributed by atoms with E-state index in [0.717, 1.165) is 39.8 Å². The zero-order chi connectivity index (χ0) is 25.0. The number of hydrogen-bond donors (Lipinski definition) is 0. The van der Waals surface area contributed by atoms with E-state index in [4.69, 9.17) is 14.7 Å². The smallest absolute Gasteiger partial charge is 0.246 e. The van der Waals surface area contributed by atoms with Gasteiger partial charge < -0.3 is 4.74 Å². The number of rotatable bonds is 5. The van der Waals surface area contributed by atoms with E-state index in [0.29, 0.717) is 23.1 Å². The molecule has 1 aliphatic heterocycles. The second-order valence-electron chi connectivity index (χ2n) is 11.8. The first-order chi connectivity index (χ1) is 17.4. The number of hydrogen-bond acceptors (Lipinski definition) is 3. The summed E-state index contributed by atoms with van der Waals surface area (Å²) in [6, 6.07) is 15.6. The van der Waals surface area contributed by atoms with Crippen molar-refractivity contribution in [1.29, 1.82) is 0 Å². The number of aromatic nitrogens is 2. The molecular weight excluding hydrogens is 440 g/mol. The molecule has 0 atom stereocenters. The molecular formula is C33H38N2O. The van der Waals surface area contributed by atoms with E-state index in [1.807, 2.05) is 0 Å². The molecule has 0 radical (unpaired) electrons. The van der Waals surface area contributed by atoms with Crippen molar-refractivity contribution in [3.05, 3.63) is 59.2 Å². The lowest BCUT2D eigenvalue weighted by Crippen LogP contribution is -2.25. The Bertz CT molecular complexity index is 1450. The lowest BCUT2D eigenvalue weighted by Gasteiger charge is -2.39. The summed E-state index contributed by atoms with van der Waals surface area (Å²) in [5.74, 6) is 2.72. The van der Waals surface area contributed by atoms with Crippen molar-refractivity contribution in [3.8, 4) is 22.9 Å². The number of nitrogens with zero attached hydrogens (tertiary/aromatic N) is 2. The van der Waals surface area contributed by atoms with E-state index in [1.54, 1.807) is 0 Å². The van der Waals surface area contributed by atoms with Crippen molar-refractivity contribution in [2.24, 2.45) is 11.3 Å². The second kappa shape index (κ2) is 8.87. The van der Waals surface area contributed by atoms with Gasteiger partial charge in [-0.2, -0.15) is 0 Å². The molecule has 0 spiro atoms. The Hall–Kier alpha value is -2.94. The fraction of sp³-hybridized carbons (Fsp3) is 0.455. The SMILES string of the molecule is CCC1(CC)CCC(c2cccc3nc4c(nc23)Oc2cc(CC(C)C)cc3cc(C)cc-4c23)CC1. The molecule has 6 rings (SSSR count). The average molecular weight is 479 g/mol. The van der Waals surface area contributed by atoms with Crippen molar-refractivity contribution in [3.63, 3.8) is 0 Å². The normalized spacial score (nSPS) is 16.9. The second-order valence-corrected chi connectivity index (χ2v) is 11.8. The molecule has 0 bridgehead atoms. The predicted molar refractivity (Wildman–Crippen MR) is 150 cm³/mol. The first kappa shape index (κ1) is 23.5. The lowest BCUT2D eigenvalue weighted by molar-refractivity contribution is 0.159. The summed E-state index contributed by atoms with van der Waals surface area (Å²) < 4.78 is 6.56. The first-order valence-corrected chi connectivity index (χ1v) is 14.0. The Morgan fingerprint density at radius 3 is 2.50 bits per heavy atom. The van der Waals surface area contributed by atoms with Crippen molar-refractivity contribution >= 4 is 21.8 Å². The van der Waals surface area contributed by atoms with Gasteiger partial charge in [0.1, 0.15) is 11.4 Å². The first-order valence-electron chi connectivity index (χ1n) is 14.0. The summed E-state index contributed by atoms with van der Waals surface area (Å²) in [5, 5.41) is 2.39. The van der Waals surface area contributed by atoms with Crippen molar-refractivity contribution in [1.82, 2.24) is 9.97 Å². The van der Waals surface area contributed by atoms with Crippen LogP contribution in [0.4, 0.5) is 0 Å². The van der Waals surface area contributed by atoms with Gasteiger partial charge in [-0.15, -0.1) is 0 Å². The average Bonchev–Trinajstić information content (AvgIpc) is 2.87. The number of benzene rings is 3. The van der Waals surface area contributed by atoms with Crippen LogP contribution in [0.1, 0.15) is 88.8 Å². The largest absolute Gasteiger partial charge is 0.436 e. The van der Waals surface area contributed by atoms with E-state index in [-0.39, 0.29) is 0 Å². The molecule has 0 unspecified atom stereocenters. The molecule has 1 fully saturated rings. The summed E-state index contributed by atoms with van der Waals surface area (Å²) in [6.45, 7) is 11.4. The minimum Gasteiger partial charge on any atom is -0.436 e. The van der Waals surface area contributed by atoms with Crippen LogP contribution in [0.2, 0.25) is 0 Å². The maximum atomic E-state index is 6.56. The van der Waals surface area contributed by atoms with E-state index in [2.05, 4.69) is 77.1 Å². The van der Waals surface area contributed by atoms with Gasteiger partial charge in [0.05, 0.1) is 11.0 Å². The Kier molecular flexibility index (Phi) is 5.78. The predicted octanol–water partition coefficient (Wildman–Crippen LogP) is 9.53. The Morgan fingerprint density at radius 2 is 1.78 bits per heavy atom. The van der Waals surface area contributed by atoms with Gasteiger partial charge in [-0.3, -0.25) is 0 Å². The maximum absolute atomic E-state index is 6.56. The van der Waals surface area contributed by atoms with Gasteiger partial charge in [-0.25, -0.2) is 9.97 Å². The Balaban J connectivity index is 1.46. The van der Waals surface area contributed by atoms with Crippen LogP contribution < -0.4 is 4.74 Å². The van der Waals surface area contributed by atoms with Crippen molar-refractivity contribution in [2.45, 2.75) is 85.5 Å². The van der Waals surface area contributed by atoms with Gasteiger partial charge in [0.25, 0.3) is 0 Å². The van der Waals surface area contributed by atoms with Gasteiger partial charge >= 0.3 is 0 Å². The molecule has 3 nitrogen and oxygen atoms in total. The fourth-order valence-electron chi connectivity index (χ4n) is 6.80. The monoisotopic (exact) mass is 478 g/mol. The van der Waals surface area contributed by atoms with E-state index in [9.17, 15) is 0 Å². The lowest BCUT2D eigenvalue weighted by atomic mass is 9.66. The summed E-state index contributed by atoms with van der Waals surface area (Å²) >= 11 is 0. The van der Waals surface area contributed by atoms with Crippen LogP contribution >= 0.6 is 0 Å². The van der Waals surface area contributed by atoms with Crippen molar-refractivity contribution in [2.75, 3.05) is 0 Å². The van der Waals surface area contributed by atoms with Gasteiger partial charge in [-0.05, 0) is 96.6 Å². The highest BCUT2D eigenvalue weighted by molar-refractivity contribution is 6.04. The zero-order valence-electron chi connectivity index (χ0n) is 22.4. The summed E-state index contributed by atoms with van der Waals surface area (Å²) in [6.07, 6.45) is 8.70. The molecule has 1 aliphatic carbocycles. The number of aryl methyl sites for hydroxylation is 1. The minimum absolute atomic E-state index is 0.531.